The molecule has 0 radical (unpaired) electrons. The molecule has 12 heavy (non-hydrogen) atoms. The Hall–Kier alpha value is -1.44. The number of hydrogen-bond donors (Lipinski definition) is 0. The molecule has 62 valence electrons. The average Bonchev–Trinajstić information content (AvgIpc) is 2.64. The van der Waals surface area contributed by atoms with Crippen molar-refractivity contribution in [2.24, 2.45) is 0 Å². The molecule has 2 heterocycles. The Morgan fingerprint density at radius 2 is 2.00 bits per heavy atom. The third kappa shape index (κ3) is 0.961. The molecule has 0 atom stereocenters. The minimum atomic E-state index is 0.792. The molecule has 2 nitrogen and oxygen atoms in total. The Kier molecular flexibility index (Phi) is 1.54. The molecule has 2 rings (SSSR count). The van der Waals surface area contributed by atoms with Crippen molar-refractivity contribution in [3.05, 3.63) is 35.8 Å². The van der Waals surface area contributed by atoms with Gasteiger partial charge in [-0.05, 0) is 31.5 Å². The van der Waals surface area contributed by atoms with E-state index in [0.29, 0.717) is 0 Å². The zero-order valence-electron chi connectivity index (χ0n) is 7.13. The van der Waals surface area contributed by atoms with Crippen molar-refractivity contribution in [2.45, 2.75) is 13.8 Å². The maximum absolute atomic E-state index is 5.35. The maximum atomic E-state index is 5.35. The van der Waals surface area contributed by atoms with E-state index in [1.165, 1.54) is 0 Å². The summed E-state index contributed by atoms with van der Waals surface area (Å²) in [5.41, 5.74) is 2.30. The van der Waals surface area contributed by atoms with Crippen molar-refractivity contribution >= 4 is 0 Å². The summed E-state index contributed by atoms with van der Waals surface area (Å²) < 4.78 is 10.6. The van der Waals surface area contributed by atoms with Crippen LogP contribution in [0.15, 0.2) is 33.5 Å². The molecule has 2 aromatic heterocycles. The van der Waals surface area contributed by atoms with Gasteiger partial charge in [-0.2, -0.15) is 0 Å². The molecule has 0 saturated carbocycles. The molecule has 0 unspecified atom stereocenters. The molecule has 0 aliphatic carbocycles. The highest BCUT2D eigenvalue weighted by Crippen LogP contribution is 2.26. The summed E-state index contributed by atoms with van der Waals surface area (Å²) in [6, 6.07) is 3.75. The standard InChI is InChI=1S/C10H10O2/c1-7-6-12-10(8(7)2)9-4-3-5-11-9/h3-6H,1-2H3. The number of furan rings is 2. The lowest BCUT2D eigenvalue weighted by Gasteiger charge is -1.91. The molecule has 2 aromatic rings. The van der Waals surface area contributed by atoms with E-state index >= 15 is 0 Å². The molecule has 0 amide bonds. The lowest BCUT2D eigenvalue weighted by atomic mass is 10.2. The van der Waals surface area contributed by atoms with E-state index < -0.39 is 0 Å². The van der Waals surface area contributed by atoms with Crippen LogP contribution in [-0.4, -0.2) is 0 Å². The molecular weight excluding hydrogens is 152 g/mol. The summed E-state index contributed by atoms with van der Waals surface area (Å²) in [5, 5.41) is 0. The van der Waals surface area contributed by atoms with Gasteiger partial charge in [0.2, 0.25) is 0 Å². The summed E-state index contributed by atoms with van der Waals surface area (Å²) in [4.78, 5) is 0. The van der Waals surface area contributed by atoms with Gasteiger partial charge >= 0.3 is 0 Å². The summed E-state index contributed by atoms with van der Waals surface area (Å²) in [7, 11) is 0. The van der Waals surface area contributed by atoms with E-state index in [4.69, 9.17) is 8.83 Å². The number of hydrogen-bond acceptors (Lipinski definition) is 2. The quantitative estimate of drug-likeness (QED) is 0.643. The minimum absolute atomic E-state index is 0.792. The van der Waals surface area contributed by atoms with Crippen LogP contribution in [0, 0.1) is 13.8 Å². The van der Waals surface area contributed by atoms with E-state index in [0.717, 1.165) is 22.6 Å². The summed E-state index contributed by atoms with van der Waals surface area (Å²) in [6.45, 7) is 4.04. The van der Waals surface area contributed by atoms with Gasteiger partial charge in [0.05, 0.1) is 12.5 Å². The molecule has 0 saturated heterocycles. The van der Waals surface area contributed by atoms with Crippen molar-refractivity contribution in [1.82, 2.24) is 0 Å². The van der Waals surface area contributed by atoms with Crippen LogP contribution in [-0.2, 0) is 0 Å². The highest BCUT2D eigenvalue weighted by atomic mass is 16.4. The van der Waals surface area contributed by atoms with Crippen LogP contribution in [0.2, 0.25) is 0 Å². The van der Waals surface area contributed by atoms with Gasteiger partial charge in [0.1, 0.15) is 0 Å². The Morgan fingerprint density at radius 1 is 1.17 bits per heavy atom. The lowest BCUT2D eigenvalue weighted by molar-refractivity contribution is 0.522. The maximum Gasteiger partial charge on any atom is 0.172 e. The average molecular weight is 162 g/mol. The first-order chi connectivity index (χ1) is 5.79. The molecule has 2 heteroatoms. The van der Waals surface area contributed by atoms with E-state index in [1.807, 2.05) is 26.0 Å². The van der Waals surface area contributed by atoms with Crippen LogP contribution in [0.5, 0.6) is 0 Å². The van der Waals surface area contributed by atoms with E-state index in [1.54, 1.807) is 12.5 Å². The molecule has 0 aliphatic heterocycles. The lowest BCUT2D eigenvalue weighted by Crippen LogP contribution is -1.74. The fraction of sp³-hybridized carbons (Fsp3) is 0.200. The Labute approximate surface area is 70.8 Å². The highest BCUT2D eigenvalue weighted by Gasteiger charge is 2.10. The number of rotatable bonds is 1. The van der Waals surface area contributed by atoms with Gasteiger partial charge in [0, 0.05) is 5.56 Å². The van der Waals surface area contributed by atoms with Crippen LogP contribution in [0.3, 0.4) is 0 Å². The first-order valence-electron chi connectivity index (χ1n) is 3.87. The van der Waals surface area contributed by atoms with Crippen molar-refractivity contribution in [3.63, 3.8) is 0 Å². The van der Waals surface area contributed by atoms with Gasteiger partial charge in [-0.25, -0.2) is 0 Å². The fourth-order valence-electron chi connectivity index (χ4n) is 1.15. The Bertz CT molecular complexity index is 368. The van der Waals surface area contributed by atoms with Gasteiger partial charge in [0.15, 0.2) is 11.5 Å². The predicted molar refractivity (Wildman–Crippen MR) is 45.9 cm³/mol. The second-order valence-corrected chi connectivity index (χ2v) is 2.85. The minimum Gasteiger partial charge on any atom is -0.461 e. The van der Waals surface area contributed by atoms with Gasteiger partial charge in [-0.15, -0.1) is 0 Å². The van der Waals surface area contributed by atoms with Crippen LogP contribution < -0.4 is 0 Å². The van der Waals surface area contributed by atoms with E-state index in [9.17, 15) is 0 Å². The molecule has 0 fully saturated rings. The van der Waals surface area contributed by atoms with Crippen LogP contribution in [0.25, 0.3) is 11.5 Å². The first-order valence-corrected chi connectivity index (χ1v) is 3.87. The second-order valence-electron chi connectivity index (χ2n) is 2.85. The molecule has 0 bridgehead atoms. The molecule has 0 aromatic carbocycles. The topological polar surface area (TPSA) is 26.3 Å². The van der Waals surface area contributed by atoms with Gasteiger partial charge < -0.3 is 8.83 Å². The number of aryl methyl sites for hydroxylation is 1. The van der Waals surface area contributed by atoms with Crippen molar-refractivity contribution < 1.29 is 8.83 Å². The first kappa shape index (κ1) is 7.22. The van der Waals surface area contributed by atoms with Crippen LogP contribution in [0.4, 0.5) is 0 Å². The molecule has 0 N–H and O–H groups in total. The van der Waals surface area contributed by atoms with Crippen LogP contribution in [0.1, 0.15) is 11.1 Å². The zero-order valence-corrected chi connectivity index (χ0v) is 7.13. The smallest absolute Gasteiger partial charge is 0.172 e. The Morgan fingerprint density at radius 3 is 2.50 bits per heavy atom. The largest absolute Gasteiger partial charge is 0.461 e. The third-order valence-corrected chi connectivity index (χ3v) is 2.03. The Balaban J connectivity index is 2.55. The summed E-state index contributed by atoms with van der Waals surface area (Å²) >= 11 is 0. The van der Waals surface area contributed by atoms with E-state index in [2.05, 4.69) is 0 Å². The summed E-state index contributed by atoms with van der Waals surface area (Å²) in [6.07, 6.45) is 3.39. The van der Waals surface area contributed by atoms with E-state index in [-0.39, 0.29) is 0 Å². The SMILES string of the molecule is Cc1coc(-c2ccco2)c1C. The summed E-state index contributed by atoms with van der Waals surface area (Å²) in [5.74, 6) is 1.62. The van der Waals surface area contributed by atoms with Crippen molar-refractivity contribution in [3.8, 4) is 11.5 Å². The predicted octanol–water partition coefficient (Wildman–Crippen LogP) is 3.16. The second kappa shape index (κ2) is 2.55. The third-order valence-electron chi connectivity index (χ3n) is 2.03. The fourth-order valence-corrected chi connectivity index (χ4v) is 1.15. The van der Waals surface area contributed by atoms with Crippen molar-refractivity contribution in [2.75, 3.05) is 0 Å². The molecular formula is C10H10O2. The zero-order chi connectivity index (χ0) is 8.55. The van der Waals surface area contributed by atoms with Gasteiger partial charge in [0.25, 0.3) is 0 Å². The van der Waals surface area contributed by atoms with Crippen molar-refractivity contribution in [1.29, 1.82) is 0 Å². The molecule has 0 spiro atoms. The van der Waals surface area contributed by atoms with Crippen LogP contribution >= 0.6 is 0 Å². The van der Waals surface area contributed by atoms with Gasteiger partial charge in [-0.3, -0.25) is 0 Å². The monoisotopic (exact) mass is 162 g/mol. The normalized spacial score (nSPS) is 10.5. The van der Waals surface area contributed by atoms with Gasteiger partial charge in [-0.1, -0.05) is 0 Å². The highest BCUT2D eigenvalue weighted by molar-refractivity contribution is 5.56. The molecule has 0 aliphatic rings.